The van der Waals surface area contributed by atoms with Crippen molar-refractivity contribution in [3.8, 4) is 0 Å². The lowest BCUT2D eigenvalue weighted by Crippen LogP contribution is -2.42. The van der Waals surface area contributed by atoms with Gasteiger partial charge in [0.1, 0.15) is 5.82 Å². The number of hydrogen-bond donors (Lipinski definition) is 3. The maximum Gasteiger partial charge on any atom is 0.254 e. The van der Waals surface area contributed by atoms with E-state index in [9.17, 15) is 9.90 Å². The van der Waals surface area contributed by atoms with Gasteiger partial charge in [0, 0.05) is 24.3 Å². The van der Waals surface area contributed by atoms with Crippen LogP contribution < -0.4 is 11.3 Å². The number of carbonyl (C=O) groups is 1. The molecule has 1 aromatic heterocycles. The number of hydrazine groups is 1. The highest BCUT2D eigenvalue weighted by Gasteiger charge is 2.23. The van der Waals surface area contributed by atoms with Crippen molar-refractivity contribution in [2.45, 2.75) is 38.7 Å². The monoisotopic (exact) mass is 278 g/mol. The Morgan fingerprint density at radius 3 is 3.05 bits per heavy atom. The van der Waals surface area contributed by atoms with Crippen LogP contribution in [-0.2, 0) is 6.42 Å². The summed E-state index contributed by atoms with van der Waals surface area (Å²) < 4.78 is 0. The molecule has 6 heteroatoms. The summed E-state index contributed by atoms with van der Waals surface area (Å²) in [7, 11) is 0. The Morgan fingerprint density at radius 2 is 2.40 bits per heavy atom. The van der Waals surface area contributed by atoms with Gasteiger partial charge in [0.25, 0.3) is 5.91 Å². The third-order valence-corrected chi connectivity index (χ3v) is 3.46. The van der Waals surface area contributed by atoms with E-state index in [-0.39, 0.29) is 5.91 Å². The van der Waals surface area contributed by atoms with Crippen molar-refractivity contribution in [2.75, 3.05) is 18.5 Å². The molecule has 0 radical (unpaired) electrons. The van der Waals surface area contributed by atoms with Gasteiger partial charge in [-0.2, -0.15) is 0 Å². The number of aliphatic hydroxyl groups is 1. The van der Waals surface area contributed by atoms with Gasteiger partial charge in [-0.05, 0) is 31.4 Å². The van der Waals surface area contributed by atoms with Crippen LogP contribution in [0.5, 0.6) is 0 Å². The minimum absolute atomic E-state index is 0.0694. The highest BCUT2D eigenvalue weighted by molar-refractivity contribution is 5.95. The highest BCUT2D eigenvalue weighted by atomic mass is 16.3. The zero-order chi connectivity index (χ0) is 14.5. The van der Waals surface area contributed by atoms with Gasteiger partial charge in [0.15, 0.2) is 0 Å². The van der Waals surface area contributed by atoms with Crippen molar-refractivity contribution in [1.82, 2.24) is 9.88 Å². The SMILES string of the molecule is CCCc1cc(C(=O)N2CCCC(O)C2)cc(NN)n1. The van der Waals surface area contributed by atoms with E-state index in [2.05, 4.69) is 17.3 Å². The lowest BCUT2D eigenvalue weighted by atomic mass is 10.1. The number of likely N-dealkylation sites (tertiary alicyclic amines) is 1. The molecule has 1 aromatic rings. The van der Waals surface area contributed by atoms with E-state index in [1.807, 2.05) is 6.07 Å². The first-order valence-electron chi connectivity index (χ1n) is 7.09. The number of nitrogens with two attached hydrogens (primary N) is 1. The second-order valence-electron chi connectivity index (χ2n) is 5.17. The van der Waals surface area contributed by atoms with Gasteiger partial charge in [-0.3, -0.25) is 4.79 Å². The number of nitrogen functional groups attached to an aromatic ring is 1. The average molecular weight is 278 g/mol. The van der Waals surface area contributed by atoms with E-state index < -0.39 is 6.10 Å². The molecule has 20 heavy (non-hydrogen) atoms. The lowest BCUT2D eigenvalue weighted by Gasteiger charge is -2.30. The van der Waals surface area contributed by atoms with Gasteiger partial charge in [0.05, 0.1) is 6.10 Å². The number of carbonyl (C=O) groups excluding carboxylic acids is 1. The predicted octanol–water partition coefficient (Wildman–Crippen LogP) is 0.917. The van der Waals surface area contributed by atoms with Crippen molar-refractivity contribution in [1.29, 1.82) is 0 Å². The van der Waals surface area contributed by atoms with E-state index >= 15 is 0 Å². The molecule has 0 aromatic carbocycles. The zero-order valence-electron chi connectivity index (χ0n) is 11.8. The first-order valence-corrected chi connectivity index (χ1v) is 7.09. The number of piperidine rings is 1. The predicted molar refractivity (Wildman–Crippen MR) is 77.2 cm³/mol. The largest absolute Gasteiger partial charge is 0.391 e. The topological polar surface area (TPSA) is 91.5 Å². The summed E-state index contributed by atoms with van der Waals surface area (Å²) in [6.45, 7) is 3.15. The molecular formula is C14H22N4O2. The van der Waals surface area contributed by atoms with Crippen LogP contribution in [0, 0.1) is 0 Å². The van der Waals surface area contributed by atoms with E-state index in [1.54, 1.807) is 11.0 Å². The van der Waals surface area contributed by atoms with Crippen LogP contribution in [0.25, 0.3) is 0 Å². The molecule has 6 nitrogen and oxygen atoms in total. The minimum atomic E-state index is -0.420. The van der Waals surface area contributed by atoms with E-state index in [1.165, 1.54) is 0 Å². The molecule has 1 amide bonds. The lowest BCUT2D eigenvalue weighted by molar-refractivity contribution is 0.0473. The number of anilines is 1. The number of amides is 1. The van der Waals surface area contributed by atoms with E-state index in [0.717, 1.165) is 31.4 Å². The zero-order valence-corrected chi connectivity index (χ0v) is 11.8. The summed E-state index contributed by atoms with van der Waals surface area (Å²) in [5.74, 6) is 5.83. The van der Waals surface area contributed by atoms with Crippen LogP contribution in [0.3, 0.4) is 0 Å². The van der Waals surface area contributed by atoms with Crippen molar-refractivity contribution in [3.05, 3.63) is 23.4 Å². The van der Waals surface area contributed by atoms with Gasteiger partial charge < -0.3 is 15.4 Å². The Balaban J connectivity index is 2.21. The number of rotatable bonds is 4. The summed E-state index contributed by atoms with van der Waals surface area (Å²) in [5.41, 5.74) is 3.93. The van der Waals surface area contributed by atoms with E-state index in [4.69, 9.17) is 5.84 Å². The van der Waals surface area contributed by atoms with Crippen molar-refractivity contribution in [2.24, 2.45) is 5.84 Å². The molecule has 1 aliphatic heterocycles. The summed E-state index contributed by atoms with van der Waals surface area (Å²) in [4.78, 5) is 18.5. The molecular weight excluding hydrogens is 256 g/mol. The van der Waals surface area contributed by atoms with E-state index in [0.29, 0.717) is 24.5 Å². The summed E-state index contributed by atoms with van der Waals surface area (Å²) in [6.07, 6.45) is 2.94. The number of aryl methyl sites for hydroxylation is 1. The molecule has 2 heterocycles. The summed E-state index contributed by atoms with van der Waals surface area (Å²) in [6, 6.07) is 3.47. The van der Waals surface area contributed by atoms with Crippen LogP contribution in [0.15, 0.2) is 12.1 Å². The Labute approximate surface area is 119 Å². The number of pyridine rings is 1. The Morgan fingerprint density at radius 1 is 1.60 bits per heavy atom. The molecule has 1 atom stereocenters. The third-order valence-electron chi connectivity index (χ3n) is 3.46. The fraction of sp³-hybridized carbons (Fsp3) is 0.571. The average Bonchev–Trinajstić information content (AvgIpc) is 2.46. The highest BCUT2D eigenvalue weighted by Crippen LogP contribution is 2.17. The van der Waals surface area contributed by atoms with Gasteiger partial charge in [0.2, 0.25) is 0 Å². The van der Waals surface area contributed by atoms with Crippen LogP contribution in [0.2, 0.25) is 0 Å². The van der Waals surface area contributed by atoms with Crippen LogP contribution in [-0.4, -0.2) is 40.1 Å². The molecule has 0 saturated carbocycles. The second-order valence-corrected chi connectivity index (χ2v) is 5.17. The van der Waals surface area contributed by atoms with Crippen LogP contribution in [0.1, 0.15) is 42.2 Å². The van der Waals surface area contributed by atoms with Crippen LogP contribution in [0.4, 0.5) is 5.82 Å². The number of nitrogens with zero attached hydrogens (tertiary/aromatic N) is 2. The first-order chi connectivity index (χ1) is 9.63. The maximum atomic E-state index is 12.5. The minimum Gasteiger partial charge on any atom is -0.391 e. The number of hydrogen-bond acceptors (Lipinski definition) is 5. The normalized spacial score (nSPS) is 18.9. The molecule has 4 N–H and O–H groups in total. The standard InChI is InChI=1S/C14H22N4O2/c1-2-4-11-7-10(8-13(16-11)17-15)14(20)18-6-3-5-12(19)9-18/h7-8,12,19H,2-6,9,15H2,1H3,(H,16,17). The van der Waals surface area contributed by atoms with Gasteiger partial charge in [-0.25, -0.2) is 10.8 Å². The smallest absolute Gasteiger partial charge is 0.254 e. The van der Waals surface area contributed by atoms with Gasteiger partial charge in [-0.15, -0.1) is 0 Å². The molecule has 0 spiro atoms. The van der Waals surface area contributed by atoms with Gasteiger partial charge >= 0.3 is 0 Å². The second kappa shape index (κ2) is 6.67. The Kier molecular flexibility index (Phi) is 4.92. The number of nitrogens with one attached hydrogen (secondary N) is 1. The molecule has 110 valence electrons. The molecule has 0 aliphatic carbocycles. The van der Waals surface area contributed by atoms with Crippen molar-refractivity contribution < 1.29 is 9.90 Å². The fourth-order valence-corrected chi connectivity index (χ4v) is 2.49. The van der Waals surface area contributed by atoms with Crippen molar-refractivity contribution in [3.63, 3.8) is 0 Å². The molecule has 0 bridgehead atoms. The number of β-amino-alcohol motifs (C(OH)–C–C–N with tert-alkyl or cyclic N) is 1. The molecule has 1 saturated heterocycles. The quantitative estimate of drug-likeness (QED) is 0.562. The number of aromatic nitrogens is 1. The molecule has 2 rings (SSSR count). The van der Waals surface area contributed by atoms with Crippen molar-refractivity contribution >= 4 is 11.7 Å². The molecule has 1 fully saturated rings. The van der Waals surface area contributed by atoms with Crippen LogP contribution >= 0.6 is 0 Å². The fourth-order valence-electron chi connectivity index (χ4n) is 2.49. The Hall–Kier alpha value is -1.66. The summed E-state index contributed by atoms with van der Waals surface area (Å²) >= 11 is 0. The maximum absolute atomic E-state index is 12.5. The Bertz CT molecular complexity index is 478. The first kappa shape index (κ1) is 14.7. The molecule has 1 aliphatic rings. The summed E-state index contributed by atoms with van der Waals surface area (Å²) in [5, 5.41) is 9.68. The number of aliphatic hydroxyl groups excluding tert-OH is 1. The third kappa shape index (κ3) is 3.46. The van der Waals surface area contributed by atoms with Gasteiger partial charge in [-0.1, -0.05) is 13.3 Å². The molecule has 1 unspecified atom stereocenters.